The number of hydrogen-bond acceptors (Lipinski definition) is 4. The number of imidazole rings is 1. The van der Waals surface area contributed by atoms with Gasteiger partial charge in [-0.25, -0.2) is 9.97 Å². The van der Waals surface area contributed by atoms with E-state index in [0.717, 1.165) is 28.0 Å². The van der Waals surface area contributed by atoms with E-state index in [0.29, 0.717) is 11.2 Å². The normalized spacial score (nSPS) is 11.1. The van der Waals surface area contributed by atoms with Crippen molar-refractivity contribution in [2.75, 3.05) is 5.32 Å². The van der Waals surface area contributed by atoms with E-state index < -0.39 is 0 Å². The molecule has 6 heteroatoms. The van der Waals surface area contributed by atoms with Gasteiger partial charge in [0.05, 0.1) is 22.9 Å². The highest BCUT2D eigenvalue weighted by molar-refractivity contribution is 6.03. The first kappa shape index (κ1) is 17.1. The lowest BCUT2D eigenvalue weighted by molar-refractivity contribution is 0.102. The minimum atomic E-state index is -0.300. The third-order valence-corrected chi connectivity index (χ3v) is 4.71. The Labute approximate surface area is 166 Å². The number of rotatable bonds is 3. The van der Waals surface area contributed by atoms with E-state index in [2.05, 4.69) is 20.3 Å². The Morgan fingerprint density at radius 3 is 2.72 bits per heavy atom. The summed E-state index contributed by atoms with van der Waals surface area (Å²) in [4.78, 5) is 26.0. The summed E-state index contributed by atoms with van der Waals surface area (Å²) < 4.78 is 1.98. The SMILES string of the molecule is Cc1ccn2cc(-c3cccc(NC(=O)c4cnc5ccccc5n4)c3)nc2c1. The predicted octanol–water partition coefficient (Wildman–Crippen LogP) is 4.51. The van der Waals surface area contributed by atoms with Crippen molar-refractivity contribution in [3.05, 3.63) is 90.5 Å². The lowest BCUT2D eigenvalue weighted by atomic mass is 10.1. The Morgan fingerprint density at radius 2 is 1.83 bits per heavy atom. The number of para-hydroxylation sites is 2. The standard InChI is InChI=1S/C23H17N5O/c1-15-9-10-28-14-21(27-22(28)11-15)16-5-4-6-17(12-16)25-23(29)20-13-24-18-7-2-3-8-19(18)26-20/h2-14H,1H3,(H,25,29). The molecule has 0 saturated heterocycles. The summed E-state index contributed by atoms with van der Waals surface area (Å²) in [5.74, 6) is -0.300. The molecule has 6 nitrogen and oxygen atoms in total. The van der Waals surface area contributed by atoms with Gasteiger partial charge in [0, 0.05) is 23.6 Å². The highest BCUT2D eigenvalue weighted by Crippen LogP contribution is 2.23. The van der Waals surface area contributed by atoms with Gasteiger partial charge in [-0.3, -0.25) is 9.78 Å². The van der Waals surface area contributed by atoms with Gasteiger partial charge in [-0.2, -0.15) is 0 Å². The zero-order valence-electron chi connectivity index (χ0n) is 15.7. The minimum Gasteiger partial charge on any atom is -0.321 e. The van der Waals surface area contributed by atoms with Crippen molar-refractivity contribution in [1.82, 2.24) is 19.4 Å². The van der Waals surface area contributed by atoms with E-state index in [-0.39, 0.29) is 11.6 Å². The predicted molar refractivity (Wildman–Crippen MR) is 113 cm³/mol. The van der Waals surface area contributed by atoms with Crippen LogP contribution < -0.4 is 5.32 Å². The number of carbonyl (C=O) groups is 1. The first-order chi connectivity index (χ1) is 14.2. The molecule has 0 aliphatic carbocycles. The van der Waals surface area contributed by atoms with Crippen molar-refractivity contribution in [2.24, 2.45) is 0 Å². The molecule has 0 bridgehead atoms. The fourth-order valence-electron chi connectivity index (χ4n) is 3.24. The zero-order valence-corrected chi connectivity index (χ0v) is 15.7. The van der Waals surface area contributed by atoms with E-state index in [1.54, 1.807) is 0 Å². The van der Waals surface area contributed by atoms with Crippen molar-refractivity contribution >= 4 is 28.3 Å². The van der Waals surface area contributed by atoms with Crippen LogP contribution in [0.25, 0.3) is 27.9 Å². The fourth-order valence-corrected chi connectivity index (χ4v) is 3.24. The lowest BCUT2D eigenvalue weighted by Crippen LogP contribution is -2.14. The van der Waals surface area contributed by atoms with E-state index >= 15 is 0 Å². The smallest absolute Gasteiger partial charge is 0.275 e. The summed E-state index contributed by atoms with van der Waals surface area (Å²) in [6, 6.07) is 19.2. The molecule has 0 aliphatic rings. The van der Waals surface area contributed by atoms with Crippen LogP contribution in [0.3, 0.4) is 0 Å². The molecule has 5 rings (SSSR count). The van der Waals surface area contributed by atoms with Crippen LogP contribution in [0.15, 0.2) is 79.3 Å². The summed E-state index contributed by atoms with van der Waals surface area (Å²) >= 11 is 0. The molecular weight excluding hydrogens is 362 g/mol. The molecule has 1 amide bonds. The molecule has 0 unspecified atom stereocenters. The molecular formula is C23H17N5O. The molecule has 29 heavy (non-hydrogen) atoms. The molecule has 3 aromatic heterocycles. The van der Waals surface area contributed by atoms with Crippen molar-refractivity contribution < 1.29 is 4.79 Å². The van der Waals surface area contributed by atoms with Crippen LogP contribution in [0.5, 0.6) is 0 Å². The molecule has 0 radical (unpaired) electrons. The van der Waals surface area contributed by atoms with Crippen LogP contribution in [0.2, 0.25) is 0 Å². The van der Waals surface area contributed by atoms with Crippen molar-refractivity contribution in [2.45, 2.75) is 6.92 Å². The van der Waals surface area contributed by atoms with Crippen molar-refractivity contribution in [1.29, 1.82) is 0 Å². The quantitative estimate of drug-likeness (QED) is 0.501. The van der Waals surface area contributed by atoms with E-state index in [9.17, 15) is 4.79 Å². The van der Waals surface area contributed by atoms with Gasteiger partial charge in [-0.05, 0) is 48.9 Å². The molecule has 0 atom stereocenters. The van der Waals surface area contributed by atoms with Gasteiger partial charge in [-0.15, -0.1) is 0 Å². The first-order valence-corrected chi connectivity index (χ1v) is 9.25. The number of carbonyl (C=O) groups excluding carboxylic acids is 1. The number of anilines is 1. The number of benzene rings is 2. The molecule has 0 aliphatic heterocycles. The topological polar surface area (TPSA) is 72.2 Å². The molecule has 3 heterocycles. The highest BCUT2D eigenvalue weighted by Gasteiger charge is 2.11. The average molecular weight is 379 g/mol. The fraction of sp³-hybridized carbons (Fsp3) is 0.0435. The second kappa shape index (κ2) is 6.83. The van der Waals surface area contributed by atoms with Crippen molar-refractivity contribution in [3.8, 4) is 11.3 Å². The Balaban J connectivity index is 1.43. The van der Waals surface area contributed by atoms with Crippen LogP contribution in [-0.4, -0.2) is 25.3 Å². The third-order valence-electron chi connectivity index (χ3n) is 4.71. The van der Waals surface area contributed by atoms with E-state index in [4.69, 9.17) is 0 Å². The Bertz CT molecular complexity index is 1370. The van der Waals surface area contributed by atoms with E-state index in [1.165, 1.54) is 6.20 Å². The van der Waals surface area contributed by atoms with Crippen LogP contribution in [0.4, 0.5) is 5.69 Å². The van der Waals surface area contributed by atoms with Gasteiger partial charge in [0.1, 0.15) is 11.3 Å². The largest absolute Gasteiger partial charge is 0.321 e. The summed E-state index contributed by atoms with van der Waals surface area (Å²) in [5, 5.41) is 2.90. The van der Waals surface area contributed by atoms with Crippen LogP contribution in [-0.2, 0) is 0 Å². The number of hydrogen-bond donors (Lipinski definition) is 1. The molecule has 5 aromatic rings. The molecule has 0 fully saturated rings. The zero-order chi connectivity index (χ0) is 19.8. The van der Waals surface area contributed by atoms with Crippen LogP contribution >= 0.6 is 0 Å². The first-order valence-electron chi connectivity index (χ1n) is 9.25. The summed E-state index contributed by atoms with van der Waals surface area (Å²) in [6.07, 6.45) is 5.46. The number of fused-ring (bicyclic) bond motifs is 2. The summed E-state index contributed by atoms with van der Waals surface area (Å²) in [7, 11) is 0. The second-order valence-electron chi connectivity index (χ2n) is 6.87. The lowest BCUT2D eigenvalue weighted by Gasteiger charge is -2.06. The number of aromatic nitrogens is 4. The molecule has 0 saturated carbocycles. The maximum absolute atomic E-state index is 12.7. The molecule has 0 spiro atoms. The van der Waals surface area contributed by atoms with Gasteiger partial charge in [0.25, 0.3) is 5.91 Å². The number of nitrogens with one attached hydrogen (secondary N) is 1. The van der Waals surface area contributed by atoms with Gasteiger partial charge in [0.15, 0.2) is 0 Å². The van der Waals surface area contributed by atoms with Gasteiger partial charge >= 0.3 is 0 Å². The van der Waals surface area contributed by atoms with Gasteiger partial charge in [-0.1, -0.05) is 24.3 Å². The van der Waals surface area contributed by atoms with Gasteiger partial charge in [0.2, 0.25) is 0 Å². The number of pyridine rings is 1. The number of amides is 1. The maximum atomic E-state index is 12.7. The maximum Gasteiger partial charge on any atom is 0.275 e. The molecule has 2 aromatic carbocycles. The third kappa shape index (κ3) is 3.32. The number of nitrogens with zero attached hydrogens (tertiary/aromatic N) is 4. The Kier molecular flexibility index (Phi) is 4.02. The summed E-state index contributed by atoms with van der Waals surface area (Å²) in [5.41, 5.74) is 6.22. The minimum absolute atomic E-state index is 0.275. The van der Waals surface area contributed by atoms with Crippen molar-refractivity contribution in [3.63, 3.8) is 0 Å². The monoisotopic (exact) mass is 379 g/mol. The van der Waals surface area contributed by atoms with Crippen LogP contribution in [0.1, 0.15) is 16.1 Å². The highest BCUT2D eigenvalue weighted by atomic mass is 16.1. The summed E-state index contributed by atoms with van der Waals surface area (Å²) in [6.45, 7) is 2.04. The Morgan fingerprint density at radius 1 is 0.966 bits per heavy atom. The van der Waals surface area contributed by atoms with Crippen LogP contribution in [0, 0.1) is 6.92 Å². The average Bonchev–Trinajstić information content (AvgIpc) is 3.17. The van der Waals surface area contributed by atoms with Gasteiger partial charge < -0.3 is 9.72 Å². The Hall–Kier alpha value is -4.06. The second-order valence-corrected chi connectivity index (χ2v) is 6.87. The molecule has 140 valence electrons. The molecule has 1 N–H and O–H groups in total. The van der Waals surface area contributed by atoms with E-state index in [1.807, 2.05) is 84.4 Å². The number of aryl methyl sites for hydroxylation is 1.